The zero-order chi connectivity index (χ0) is 19.2. The summed E-state index contributed by atoms with van der Waals surface area (Å²) in [6.07, 6.45) is 0. The van der Waals surface area contributed by atoms with Gasteiger partial charge in [0.25, 0.3) is 0 Å². The number of carbonyl (C=O) groups is 1. The molecule has 26 heavy (non-hydrogen) atoms. The lowest BCUT2D eigenvalue weighted by molar-refractivity contribution is -0.143. The lowest BCUT2D eigenvalue weighted by Crippen LogP contribution is -2.22. The van der Waals surface area contributed by atoms with Crippen LogP contribution in [-0.4, -0.2) is 24.7 Å². The van der Waals surface area contributed by atoms with Crippen LogP contribution >= 0.6 is 0 Å². The van der Waals surface area contributed by atoms with Crippen LogP contribution in [-0.2, 0) is 11.3 Å². The Morgan fingerprint density at radius 2 is 1.88 bits per heavy atom. The number of nitrogens with zero attached hydrogens (tertiary/aromatic N) is 1. The summed E-state index contributed by atoms with van der Waals surface area (Å²) < 4.78 is 5.30. The third-order valence-electron chi connectivity index (χ3n) is 4.18. The molecule has 0 amide bonds. The number of aliphatic carboxylic acids is 1. The van der Waals surface area contributed by atoms with Gasteiger partial charge >= 0.3 is 5.97 Å². The summed E-state index contributed by atoms with van der Waals surface area (Å²) in [4.78, 5) is 13.4. The van der Waals surface area contributed by atoms with E-state index in [9.17, 15) is 4.79 Å². The van der Waals surface area contributed by atoms with Crippen molar-refractivity contribution in [3.05, 3.63) is 59.7 Å². The second-order valence-corrected chi connectivity index (χ2v) is 6.59. The number of ether oxygens (including phenoxy) is 1. The van der Waals surface area contributed by atoms with E-state index in [4.69, 9.17) is 9.84 Å². The Morgan fingerprint density at radius 3 is 2.46 bits per heavy atom. The van der Waals surface area contributed by atoms with E-state index in [-0.39, 0.29) is 0 Å². The van der Waals surface area contributed by atoms with Crippen molar-refractivity contribution in [2.24, 2.45) is 5.41 Å². The molecule has 4 nitrogen and oxygen atoms in total. The van der Waals surface area contributed by atoms with Gasteiger partial charge in [-0.05, 0) is 50.6 Å². The maximum atomic E-state index is 11.1. The van der Waals surface area contributed by atoms with Crippen molar-refractivity contribution in [3.63, 3.8) is 0 Å². The summed E-state index contributed by atoms with van der Waals surface area (Å²) in [5.41, 5.74) is 2.04. The van der Waals surface area contributed by atoms with Gasteiger partial charge in [-0.1, -0.05) is 30.0 Å². The van der Waals surface area contributed by atoms with E-state index in [1.807, 2.05) is 42.5 Å². The number of carboxylic acids is 1. The molecule has 0 aliphatic rings. The molecule has 0 unspecified atom stereocenters. The second-order valence-electron chi connectivity index (χ2n) is 6.59. The first-order valence-corrected chi connectivity index (χ1v) is 8.60. The fraction of sp³-hybridized carbons (Fsp3) is 0.318. The van der Waals surface area contributed by atoms with Gasteiger partial charge in [-0.2, -0.15) is 0 Å². The predicted molar refractivity (Wildman–Crippen MR) is 104 cm³/mol. The highest BCUT2D eigenvalue weighted by Crippen LogP contribution is 2.22. The fourth-order valence-corrected chi connectivity index (χ4v) is 2.39. The number of hydrogen-bond acceptors (Lipinski definition) is 3. The normalized spacial score (nSPS) is 10.6. The number of benzene rings is 2. The van der Waals surface area contributed by atoms with Gasteiger partial charge in [0.05, 0.1) is 7.11 Å². The van der Waals surface area contributed by atoms with Gasteiger partial charge in [0.2, 0.25) is 0 Å². The summed E-state index contributed by atoms with van der Waals surface area (Å²) in [6.45, 7) is 6.97. The first kappa shape index (κ1) is 19.4. The van der Waals surface area contributed by atoms with Crippen LogP contribution in [0.2, 0.25) is 0 Å². The van der Waals surface area contributed by atoms with E-state index in [2.05, 4.69) is 29.7 Å². The molecule has 0 saturated carbocycles. The lowest BCUT2D eigenvalue weighted by atomic mass is 9.94. The third kappa shape index (κ3) is 5.03. The number of methoxy groups -OCH3 is 1. The van der Waals surface area contributed by atoms with E-state index in [0.717, 1.165) is 35.7 Å². The van der Waals surface area contributed by atoms with E-state index < -0.39 is 11.4 Å². The molecule has 0 atom stereocenters. The van der Waals surface area contributed by atoms with Crippen LogP contribution in [0, 0.1) is 17.3 Å². The van der Waals surface area contributed by atoms with Crippen LogP contribution in [0.5, 0.6) is 5.75 Å². The number of carboxylic acid groups (broad SMARTS) is 1. The van der Waals surface area contributed by atoms with Crippen LogP contribution in [0.15, 0.2) is 48.5 Å². The molecule has 2 rings (SSSR count). The minimum absolute atomic E-state index is 0.776. The molecule has 0 radical (unpaired) electrons. The average molecular weight is 351 g/mol. The molecule has 0 saturated heterocycles. The first-order chi connectivity index (χ1) is 12.4. The molecule has 0 bridgehead atoms. The largest absolute Gasteiger partial charge is 0.497 e. The lowest BCUT2D eigenvalue weighted by Gasteiger charge is -2.23. The van der Waals surface area contributed by atoms with E-state index in [1.54, 1.807) is 21.0 Å². The van der Waals surface area contributed by atoms with E-state index in [0.29, 0.717) is 0 Å². The summed E-state index contributed by atoms with van der Waals surface area (Å²) in [6, 6.07) is 15.9. The molecule has 0 aliphatic carbocycles. The fourth-order valence-electron chi connectivity index (χ4n) is 2.39. The third-order valence-corrected chi connectivity index (χ3v) is 4.18. The summed E-state index contributed by atoms with van der Waals surface area (Å²) in [5.74, 6) is 5.68. The van der Waals surface area contributed by atoms with Crippen LogP contribution in [0.3, 0.4) is 0 Å². The molecule has 0 heterocycles. The van der Waals surface area contributed by atoms with Gasteiger partial charge in [0.1, 0.15) is 11.2 Å². The maximum absolute atomic E-state index is 11.1. The summed E-state index contributed by atoms with van der Waals surface area (Å²) in [7, 11) is 1.67. The molecule has 2 aromatic carbocycles. The topological polar surface area (TPSA) is 49.8 Å². The molecule has 2 aromatic rings. The Balaban J connectivity index is 2.12. The quantitative estimate of drug-likeness (QED) is 0.793. The number of rotatable bonds is 6. The molecule has 0 aliphatic heterocycles. The van der Waals surface area contributed by atoms with Gasteiger partial charge < -0.3 is 14.7 Å². The highest BCUT2D eigenvalue weighted by Gasteiger charge is 2.23. The first-order valence-electron chi connectivity index (χ1n) is 8.60. The van der Waals surface area contributed by atoms with Gasteiger partial charge in [-0.15, -0.1) is 0 Å². The van der Waals surface area contributed by atoms with Crippen molar-refractivity contribution in [1.82, 2.24) is 0 Å². The van der Waals surface area contributed by atoms with Gasteiger partial charge in [-0.25, -0.2) is 0 Å². The Kier molecular flexibility index (Phi) is 6.30. The summed E-state index contributed by atoms with van der Waals surface area (Å²) in [5, 5.41) is 9.12. The van der Waals surface area contributed by atoms with Crippen molar-refractivity contribution < 1.29 is 14.6 Å². The molecule has 0 aromatic heterocycles. The second kappa shape index (κ2) is 8.44. The van der Waals surface area contributed by atoms with E-state index >= 15 is 0 Å². The highest BCUT2D eigenvalue weighted by molar-refractivity contribution is 5.77. The standard InChI is InChI=1S/C22H25NO3/c1-5-23(19-7-6-8-20(15-19)26-4)16-18-11-9-17(10-12-18)13-14-22(2,3)21(24)25/h6-12,15H,5,16H2,1-4H3,(H,24,25). The molecule has 0 spiro atoms. The molecule has 4 heteroatoms. The molecular weight excluding hydrogens is 326 g/mol. The molecule has 136 valence electrons. The molecular formula is C22H25NO3. The summed E-state index contributed by atoms with van der Waals surface area (Å²) >= 11 is 0. The monoisotopic (exact) mass is 351 g/mol. The van der Waals surface area contributed by atoms with Gasteiger partial charge in [0.15, 0.2) is 0 Å². The van der Waals surface area contributed by atoms with E-state index in [1.165, 1.54) is 0 Å². The Morgan fingerprint density at radius 1 is 1.19 bits per heavy atom. The SMILES string of the molecule is CCN(Cc1ccc(C#CC(C)(C)C(=O)O)cc1)c1cccc(OC)c1. The average Bonchev–Trinajstić information content (AvgIpc) is 2.65. The van der Waals surface area contributed by atoms with Crippen LogP contribution in [0.25, 0.3) is 0 Å². The van der Waals surface area contributed by atoms with Crippen LogP contribution in [0.4, 0.5) is 5.69 Å². The van der Waals surface area contributed by atoms with Crippen molar-refractivity contribution in [1.29, 1.82) is 0 Å². The maximum Gasteiger partial charge on any atom is 0.321 e. The molecule has 0 fully saturated rings. The molecule has 1 N–H and O–H groups in total. The van der Waals surface area contributed by atoms with Crippen molar-refractivity contribution >= 4 is 11.7 Å². The number of anilines is 1. The van der Waals surface area contributed by atoms with Crippen molar-refractivity contribution in [2.75, 3.05) is 18.6 Å². The smallest absolute Gasteiger partial charge is 0.321 e. The van der Waals surface area contributed by atoms with Gasteiger partial charge in [-0.3, -0.25) is 4.79 Å². The van der Waals surface area contributed by atoms with Crippen LogP contribution in [0.1, 0.15) is 31.9 Å². The minimum Gasteiger partial charge on any atom is -0.497 e. The predicted octanol–water partition coefficient (Wildman–Crippen LogP) is 4.18. The zero-order valence-corrected chi connectivity index (χ0v) is 15.7. The Labute approximate surface area is 155 Å². The van der Waals surface area contributed by atoms with Crippen molar-refractivity contribution in [3.8, 4) is 17.6 Å². The Bertz CT molecular complexity index is 813. The minimum atomic E-state index is -1.05. The van der Waals surface area contributed by atoms with Crippen molar-refractivity contribution in [2.45, 2.75) is 27.3 Å². The van der Waals surface area contributed by atoms with Crippen LogP contribution < -0.4 is 9.64 Å². The highest BCUT2D eigenvalue weighted by atomic mass is 16.5. The number of hydrogen-bond donors (Lipinski definition) is 1. The van der Waals surface area contributed by atoms with Gasteiger partial charge in [0, 0.05) is 30.4 Å². The zero-order valence-electron chi connectivity index (χ0n) is 15.7. The Hall–Kier alpha value is -2.93.